The molecule has 3 rings (SSSR count). The lowest BCUT2D eigenvalue weighted by molar-refractivity contribution is -0.122. The van der Waals surface area contributed by atoms with Gasteiger partial charge in [0.1, 0.15) is 12.2 Å². The van der Waals surface area contributed by atoms with Crippen molar-refractivity contribution in [3.63, 3.8) is 0 Å². The van der Waals surface area contributed by atoms with Gasteiger partial charge in [0.05, 0.1) is 12.8 Å². The van der Waals surface area contributed by atoms with E-state index in [-0.39, 0.29) is 12.2 Å². The van der Waals surface area contributed by atoms with Crippen LogP contribution in [-0.4, -0.2) is 31.6 Å². The molecule has 2 aromatic rings. The molecule has 1 saturated heterocycles. The number of barbiturate groups is 1. The first-order chi connectivity index (χ1) is 15.9. The number of terminal acetylenes is 1. The SMILES string of the molecule is C#CCOc1c(CC=C)cc(/C=C2/C(=O)NC(=O)N(c3ccc(CC)cc3)C2=O)cc1OC. The maximum absolute atomic E-state index is 13.2. The van der Waals surface area contributed by atoms with Gasteiger partial charge in [-0.3, -0.25) is 14.9 Å². The first-order valence-electron chi connectivity index (χ1n) is 10.3. The Morgan fingerprint density at radius 2 is 1.91 bits per heavy atom. The van der Waals surface area contributed by atoms with E-state index in [4.69, 9.17) is 15.9 Å². The second-order valence-electron chi connectivity index (χ2n) is 7.17. The van der Waals surface area contributed by atoms with Crippen molar-refractivity contribution >= 4 is 29.6 Å². The second kappa shape index (κ2) is 10.3. The molecule has 4 amide bonds. The number of nitrogens with zero attached hydrogens (tertiary/aromatic N) is 1. The molecule has 1 aliphatic rings. The molecule has 0 unspecified atom stereocenters. The highest BCUT2D eigenvalue weighted by atomic mass is 16.5. The van der Waals surface area contributed by atoms with Gasteiger partial charge in [0.25, 0.3) is 11.8 Å². The molecule has 0 spiro atoms. The van der Waals surface area contributed by atoms with Crippen molar-refractivity contribution < 1.29 is 23.9 Å². The summed E-state index contributed by atoms with van der Waals surface area (Å²) in [7, 11) is 1.48. The molecule has 0 atom stereocenters. The zero-order chi connectivity index (χ0) is 24.0. The van der Waals surface area contributed by atoms with Crippen molar-refractivity contribution in [2.24, 2.45) is 0 Å². The smallest absolute Gasteiger partial charge is 0.335 e. The summed E-state index contributed by atoms with van der Waals surface area (Å²) in [5, 5.41) is 2.23. The molecule has 7 nitrogen and oxygen atoms in total. The number of anilines is 1. The summed E-state index contributed by atoms with van der Waals surface area (Å²) in [6.45, 7) is 5.81. The number of benzene rings is 2. The molecule has 1 N–H and O–H groups in total. The van der Waals surface area contributed by atoms with Crippen LogP contribution in [0.5, 0.6) is 11.5 Å². The Labute approximate surface area is 192 Å². The van der Waals surface area contributed by atoms with Gasteiger partial charge in [0.2, 0.25) is 0 Å². The zero-order valence-electron chi connectivity index (χ0n) is 18.5. The minimum Gasteiger partial charge on any atom is -0.493 e. The maximum Gasteiger partial charge on any atom is 0.335 e. The van der Waals surface area contributed by atoms with Gasteiger partial charge in [-0.15, -0.1) is 13.0 Å². The fourth-order valence-electron chi connectivity index (χ4n) is 3.44. The van der Waals surface area contributed by atoms with E-state index in [1.807, 2.05) is 19.1 Å². The Kier molecular flexibility index (Phi) is 7.31. The van der Waals surface area contributed by atoms with Crippen LogP contribution in [0, 0.1) is 12.3 Å². The molecule has 0 radical (unpaired) electrons. The van der Waals surface area contributed by atoms with Gasteiger partial charge >= 0.3 is 6.03 Å². The standard InChI is InChI=1S/C26H24N2O5/c1-5-8-19-14-18(16-22(32-4)23(19)33-13-6-2)15-21-24(29)27-26(31)28(25(21)30)20-11-9-17(7-3)10-12-20/h2,5,9-12,14-16H,1,7-8,13H2,3-4H3,(H,27,29,31)/b21-15-. The van der Waals surface area contributed by atoms with E-state index in [1.165, 1.54) is 13.2 Å². The van der Waals surface area contributed by atoms with Gasteiger partial charge in [-0.2, -0.15) is 0 Å². The third-order valence-corrected chi connectivity index (χ3v) is 5.05. The van der Waals surface area contributed by atoms with Crippen LogP contribution in [0.15, 0.2) is 54.6 Å². The Balaban J connectivity index is 2.04. The molecule has 2 aromatic carbocycles. The quantitative estimate of drug-likeness (QED) is 0.291. The molecule has 0 aliphatic carbocycles. The van der Waals surface area contributed by atoms with E-state index in [9.17, 15) is 14.4 Å². The molecule has 0 bridgehead atoms. The lowest BCUT2D eigenvalue weighted by atomic mass is 10.0. The summed E-state index contributed by atoms with van der Waals surface area (Å²) in [4.78, 5) is 39.1. The summed E-state index contributed by atoms with van der Waals surface area (Å²) >= 11 is 0. The molecule has 1 aliphatic heterocycles. The van der Waals surface area contributed by atoms with Crippen LogP contribution >= 0.6 is 0 Å². The zero-order valence-corrected chi connectivity index (χ0v) is 18.5. The average Bonchev–Trinajstić information content (AvgIpc) is 2.81. The van der Waals surface area contributed by atoms with Gasteiger partial charge in [0, 0.05) is 5.56 Å². The van der Waals surface area contributed by atoms with Crippen molar-refractivity contribution in [2.75, 3.05) is 18.6 Å². The molecule has 1 fully saturated rings. The Morgan fingerprint density at radius 1 is 1.18 bits per heavy atom. The van der Waals surface area contributed by atoms with Crippen molar-refractivity contribution in [1.82, 2.24) is 5.32 Å². The molecule has 168 valence electrons. The summed E-state index contributed by atoms with van der Waals surface area (Å²) in [6.07, 6.45) is 9.67. The van der Waals surface area contributed by atoms with E-state index in [0.29, 0.717) is 29.2 Å². The molecular formula is C26H24N2O5. The van der Waals surface area contributed by atoms with E-state index in [2.05, 4.69) is 17.8 Å². The normalized spacial score (nSPS) is 14.6. The summed E-state index contributed by atoms with van der Waals surface area (Å²) < 4.78 is 11.1. The summed E-state index contributed by atoms with van der Waals surface area (Å²) in [5.74, 6) is 1.77. The highest BCUT2D eigenvalue weighted by Crippen LogP contribution is 2.34. The van der Waals surface area contributed by atoms with Crippen molar-refractivity contribution in [3.8, 4) is 23.8 Å². The van der Waals surface area contributed by atoms with Gasteiger partial charge < -0.3 is 9.47 Å². The van der Waals surface area contributed by atoms with Gasteiger partial charge in [0.15, 0.2) is 11.5 Å². The number of hydrogen-bond donors (Lipinski definition) is 1. The number of imide groups is 2. The fourth-order valence-corrected chi connectivity index (χ4v) is 3.44. The van der Waals surface area contributed by atoms with Crippen LogP contribution in [0.4, 0.5) is 10.5 Å². The fraction of sp³-hybridized carbons (Fsp3) is 0.192. The predicted octanol–water partition coefficient (Wildman–Crippen LogP) is 3.66. The summed E-state index contributed by atoms with van der Waals surface area (Å²) in [5.41, 5.74) is 2.49. The van der Waals surface area contributed by atoms with E-state index in [0.717, 1.165) is 22.4 Å². The third kappa shape index (κ3) is 4.96. The number of rotatable bonds is 8. The van der Waals surface area contributed by atoms with Gasteiger partial charge in [-0.05, 0) is 54.3 Å². The Bertz CT molecular complexity index is 1170. The summed E-state index contributed by atoms with van der Waals surface area (Å²) in [6, 6.07) is 9.59. The number of nitrogens with one attached hydrogen (secondary N) is 1. The van der Waals surface area contributed by atoms with Crippen LogP contribution in [0.25, 0.3) is 6.08 Å². The average molecular weight is 444 g/mol. The van der Waals surface area contributed by atoms with E-state index in [1.54, 1.807) is 30.3 Å². The first kappa shape index (κ1) is 23.4. The number of carbonyl (C=O) groups excluding carboxylic acids is 3. The van der Waals surface area contributed by atoms with Crippen LogP contribution in [0.1, 0.15) is 23.6 Å². The van der Waals surface area contributed by atoms with Crippen molar-refractivity contribution in [3.05, 3.63) is 71.3 Å². The number of carbonyl (C=O) groups is 3. The highest BCUT2D eigenvalue weighted by molar-refractivity contribution is 6.39. The number of ether oxygens (including phenoxy) is 2. The monoisotopic (exact) mass is 444 g/mol. The van der Waals surface area contributed by atoms with Crippen molar-refractivity contribution in [2.45, 2.75) is 19.8 Å². The van der Waals surface area contributed by atoms with Crippen molar-refractivity contribution in [1.29, 1.82) is 0 Å². The number of urea groups is 1. The van der Waals surface area contributed by atoms with Crippen LogP contribution < -0.4 is 19.7 Å². The lowest BCUT2D eigenvalue weighted by Gasteiger charge is -2.26. The lowest BCUT2D eigenvalue weighted by Crippen LogP contribution is -2.54. The number of hydrogen-bond acceptors (Lipinski definition) is 5. The Morgan fingerprint density at radius 3 is 2.52 bits per heavy atom. The molecule has 0 saturated carbocycles. The highest BCUT2D eigenvalue weighted by Gasteiger charge is 2.36. The largest absolute Gasteiger partial charge is 0.493 e. The molecular weight excluding hydrogens is 420 g/mol. The van der Waals surface area contributed by atoms with Gasteiger partial charge in [-0.1, -0.05) is 31.1 Å². The van der Waals surface area contributed by atoms with E-state index < -0.39 is 17.8 Å². The second-order valence-corrected chi connectivity index (χ2v) is 7.17. The van der Waals surface area contributed by atoms with Gasteiger partial charge in [-0.25, -0.2) is 9.69 Å². The first-order valence-corrected chi connectivity index (χ1v) is 10.3. The predicted molar refractivity (Wildman–Crippen MR) is 126 cm³/mol. The number of allylic oxidation sites excluding steroid dienone is 1. The van der Waals surface area contributed by atoms with E-state index >= 15 is 0 Å². The number of amides is 4. The van der Waals surface area contributed by atoms with Crippen LogP contribution in [-0.2, 0) is 22.4 Å². The molecule has 0 aromatic heterocycles. The molecule has 33 heavy (non-hydrogen) atoms. The number of aryl methyl sites for hydroxylation is 1. The van der Waals surface area contributed by atoms with Crippen LogP contribution in [0.2, 0.25) is 0 Å². The third-order valence-electron chi connectivity index (χ3n) is 5.05. The minimum absolute atomic E-state index is 0.0513. The number of methoxy groups -OCH3 is 1. The maximum atomic E-state index is 13.2. The van der Waals surface area contributed by atoms with Crippen LogP contribution in [0.3, 0.4) is 0 Å². The Hall–Kier alpha value is -4.31. The minimum atomic E-state index is -0.797. The topological polar surface area (TPSA) is 84.9 Å². The molecule has 1 heterocycles. The molecule has 7 heteroatoms.